The molecule has 2 amide bonds. The number of carbonyl (C=O) groups is 2. The Morgan fingerprint density at radius 1 is 0.935 bits per heavy atom. The molecule has 8 nitrogen and oxygen atoms in total. The van der Waals surface area contributed by atoms with Gasteiger partial charge in [-0.25, -0.2) is 4.79 Å². The monoisotopic (exact) mass is 635 g/mol. The summed E-state index contributed by atoms with van der Waals surface area (Å²) in [5.41, 5.74) is 1.49. The number of carbonyl (C=O) groups excluding carboxylic acids is 2. The number of halogens is 3. The predicted molar refractivity (Wildman–Crippen MR) is 174 cm³/mol. The van der Waals surface area contributed by atoms with Crippen LogP contribution in [0.4, 0.5) is 29.3 Å². The zero-order valence-electron chi connectivity index (χ0n) is 26.3. The van der Waals surface area contributed by atoms with E-state index in [4.69, 9.17) is 10.1 Å². The topological polar surface area (TPSA) is 115 Å². The molecule has 11 heteroatoms. The van der Waals surface area contributed by atoms with Gasteiger partial charge in [0, 0.05) is 17.9 Å². The highest BCUT2D eigenvalue weighted by atomic mass is 19.4. The molecule has 1 atom stereocenters. The van der Waals surface area contributed by atoms with Gasteiger partial charge in [-0.05, 0) is 100 Å². The van der Waals surface area contributed by atoms with Crippen molar-refractivity contribution in [3.63, 3.8) is 0 Å². The van der Waals surface area contributed by atoms with Crippen molar-refractivity contribution in [1.82, 2.24) is 10.6 Å². The lowest BCUT2D eigenvalue weighted by atomic mass is 9.97. The van der Waals surface area contributed by atoms with Crippen molar-refractivity contribution in [2.75, 3.05) is 17.2 Å². The number of hydrogen-bond acceptors (Lipinski definition) is 6. The van der Waals surface area contributed by atoms with E-state index in [0.717, 1.165) is 23.2 Å². The maximum atomic E-state index is 13.4. The van der Waals surface area contributed by atoms with Gasteiger partial charge >= 0.3 is 12.3 Å². The van der Waals surface area contributed by atoms with Crippen LogP contribution in [0, 0.1) is 18.3 Å². The van der Waals surface area contributed by atoms with E-state index in [1.165, 1.54) is 12.8 Å². The van der Waals surface area contributed by atoms with Gasteiger partial charge in [-0.1, -0.05) is 54.1 Å². The Balaban J connectivity index is 1.54. The van der Waals surface area contributed by atoms with Gasteiger partial charge in [0.15, 0.2) is 0 Å². The van der Waals surface area contributed by atoms with Crippen molar-refractivity contribution in [2.24, 2.45) is 5.92 Å². The summed E-state index contributed by atoms with van der Waals surface area (Å²) in [6.45, 7) is 8.15. The summed E-state index contributed by atoms with van der Waals surface area (Å²) in [4.78, 5) is 25.5. The molecule has 5 N–H and O–H groups in total. The molecule has 0 bridgehead atoms. The second-order valence-electron chi connectivity index (χ2n) is 12.4. The minimum absolute atomic E-state index is 0.0811. The van der Waals surface area contributed by atoms with E-state index in [-0.39, 0.29) is 18.3 Å². The maximum absolute atomic E-state index is 13.4. The Bertz CT molecular complexity index is 1580. The Morgan fingerprint density at radius 3 is 2.22 bits per heavy atom. The molecular weight excluding hydrogens is 595 g/mol. The number of anilines is 2. The number of alkyl halides is 3. The molecule has 3 aromatic carbocycles. The van der Waals surface area contributed by atoms with Crippen molar-refractivity contribution in [1.29, 1.82) is 5.41 Å². The third kappa shape index (κ3) is 10.8. The number of rotatable bonds is 12. The normalized spacial score (nSPS) is 14.3. The highest BCUT2D eigenvalue weighted by Gasteiger charge is 2.33. The molecule has 0 heterocycles. The van der Waals surface area contributed by atoms with Crippen LogP contribution in [0.1, 0.15) is 61.9 Å². The number of hydrogen-bond donors (Lipinski definition) is 5. The van der Waals surface area contributed by atoms with Gasteiger partial charge in [-0.15, -0.1) is 0 Å². The third-order valence-electron chi connectivity index (χ3n) is 7.08. The number of benzene rings is 3. The first-order valence-electron chi connectivity index (χ1n) is 15.1. The van der Waals surface area contributed by atoms with Gasteiger partial charge < -0.3 is 26.0 Å². The van der Waals surface area contributed by atoms with Crippen LogP contribution in [0.3, 0.4) is 0 Å². The van der Waals surface area contributed by atoms with Crippen LogP contribution >= 0.6 is 0 Å². The van der Waals surface area contributed by atoms with Crippen molar-refractivity contribution in [2.45, 2.75) is 64.9 Å². The summed E-state index contributed by atoms with van der Waals surface area (Å²) in [6.07, 6.45) is -2.76. The van der Waals surface area contributed by atoms with Gasteiger partial charge in [-0.2, -0.15) is 13.2 Å². The van der Waals surface area contributed by atoms with Crippen LogP contribution in [0.15, 0.2) is 84.6 Å². The summed E-state index contributed by atoms with van der Waals surface area (Å²) in [7, 11) is 0. The lowest BCUT2D eigenvalue weighted by molar-refractivity contribution is -0.112. The largest absolute Gasteiger partial charge is 0.444 e. The maximum Gasteiger partial charge on any atom is 0.432 e. The van der Waals surface area contributed by atoms with E-state index in [0.29, 0.717) is 23.2 Å². The Morgan fingerprint density at radius 2 is 1.59 bits per heavy atom. The van der Waals surface area contributed by atoms with E-state index in [2.05, 4.69) is 33.4 Å². The standard InChI is InChI=1S/C35H40F3N5O3/c1-22-11-15-25(16-12-22)31(40-20-23-13-14-23)26-8-6-10-28(18-26)43-32(44)29(19-30(39)35(36,37)38)42-27-9-5-7-24(17-27)21-41-33(45)46-34(2,3)4/h5-12,15-19,23,31,39-40,42H,13-14,20-21H2,1-4H3,(H,41,45)(H,43,44)/b29-19-,39-30?. The van der Waals surface area contributed by atoms with Crippen LogP contribution in [-0.2, 0) is 16.1 Å². The van der Waals surface area contributed by atoms with Crippen LogP contribution < -0.4 is 21.3 Å². The molecule has 1 aliphatic rings. The first-order chi connectivity index (χ1) is 21.7. The highest BCUT2D eigenvalue weighted by Crippen LogP contribution is 2.31. The fraction of sp³-hybridized carbons (Fsp3) is 0.343. The van der Waals surface area contributed by atoms with Crippen molar-refractivity contribution >= 4 is 29.1 Å². The lowest BCUT2D eigenvalue weighted by Crippen LogP contribution is -2.32. The average Bonchev–Trinajstić information content (AvgIpc) is 3.80. The van der Waals surface area contributed by atoms with E-state index >= 15 is 0 Å². The van der Waals surface area contributed by atoms with Gasteiger partial charge in [0.2, 0.25) is 0 Å². The summed E-state index contributed by atoms with van der Waals surface area (Å²) < 4.78 is 45.3. The Hall–Kier alpha value is -4.64. The van der Waals surface area contributed by atoms with Crippen LogP contribution in [0.2, 0.25) is 0 Å². The second-order valence-corrected chi connectivity index (χ2v) is 12.4. The van der Waals surface area contributed by atoms with Gasteiger partial charge in [-0.3, -0.25) is 10.2 Å². The molecule has 1 unspecified atom stereocenters. The summed E-state index contributed by atoms with van der Waals surface area (Å²) in [5.74, 6) is -0.230. The number of amides is 2. The molecule has 0 radical (unpaired) electrons. The molecule has 0 aliphatic heterocycles. The summed E-state index contributed by atoms with van der Waals surface area (Å²) in [6, 6.07) is 21.7. The van der Waals surface area contributed by atoms with E-state index in [1.54, 1.807) is 63.2 Å². The number of aryl methyl sites for hydroxylation is 1. The van der Waals surface area contributed by atoms with E-state index in [1.807, 2.05) is 25.1 Å². The molecule has 1 saturated carbocycles. The third-order valence-corrected chi connectivity index (χ3v) is 7.08. The second kappa shape index (κ2) is 14.6. The van der Waals surface area contributed by atoms with Crippen molar-refractivity contribution in [3.05, 3.63) is 107 Å². The van der Waals surface area contributed by atoms with Crippen LogP contribution in [-0.4, -0.2) is 36.0 Å². The molecule has 0 aromatic heterocycles. The van der Waals surface area contributed by atoms with Gasteiger partial charge in [0.1, 0.15) is 17.0 Å². The average molecular weight is 636 g/mol. The lowest BCUT2D eigenvalue weighted by Gasteiger charge is -2.21. The zero-order chi connectivity index (χ0) is 33.5. The fourth-order valence-corrected chi connectivity index (χ4v) is 4.58. The van der Waals surface area contributed by atoms with Crippen LogP contribution in [0.25, 0.3) is 0 Å². The van der Waals surface area contributed by atoms with Crippen molar-refractivity contribution < 1.29 is 27.5 Å². The molecule has 0 saturated heterocycles. The van der Waals surface area contributed by atoms with E-state index in [9.17, 15) is 22.8 Å². The summed E-state index contributed by atoms with van der Waals surface area (Å²) >= 11 is 0. The Labute approximate surface area is 267 Å². The SMILES string of the molecule is Cc1ccc(C(NCC2CC2)c2cccc(NC(=O)/C(=C/C(=N)C(F)(F)F)Nc3cccc(CNC(=O)OC(C)(C)C)c3)c2)cc1. The highest BCUT2D eigenvalue weighted by molar-refractivity contribution is 6.11. The number of alkyl carbamates (subject to hydrolysis) is 1. The first kappa shape index (κ1) is 34.2. The quantitative estimate of drug-likeness (QED) is 0.104. The molecule has 244 valence electrons. The predicted octanol–water partition coefficient (Wildman–Crippen LogP) is 7.63. The molecule has 3 aromatic rings. The number of nitrogens with one attached hydrogen (secondary N) is 5. The minimum Gasteiger partial charge on any atom is -0.444 e. The molecule has 4 rings (SSSR count). The fourth-order valence-electron chi connectivity index (χ4n) is 4.58. The smallest absolute Gasteiger partial charge is 0.432 e. The Kier molecular flexibility index (Phi) is 10.9. The van der Waals surface area contributed by atoms with Gasteiger partial charge in [0.05, 0.1) is 6.04 Å². The number of ether oxygens (including phenoxy) is 1. The van der Waals surface area contributed by atoms with Crippen molar-refractivity contribution in [3.8, 4) is 0 Å². The minimum atomic E-state index is -4.96. The molecule has 1 aliphatic carbocycles. The zero-order valence-corrected chi connectivity index (χ0v) is 26.3. The van der Waals surface area contributed by atoms with E-state index < -0.39 is 35.2 Å². The van der Waals surface area contributed by atoms with Gasteiger partial charge in [0.25, 0.3) is 5.91 Å². The summed E-state index contributed by atoms with van der Waals surface area (Å²) in [5, 5.41) is 19.2. The molecule has 1 fully saturated rings. The number of allylic oxidation sites excluding steroid dienone is 1. The first-order valence-corrected chi connectivity index (χ1v) is 15.1. The molecule has 46 heavy (non-hydrogen) atoms. The molecule has 0 spiro atoms. The molecular formula is C35H40F3N5O3. The van der Waals surface area contributed by atoms with Crippen LogP contribution in [0.5, 0.6) is 0 Å².